The third kappa shape index (κ3) is 3.52. The Balaban J connectivity index is 2.70. The Morgan fingerprint density at radius 3 is 2.18 bits per heavy atom. The number of carbonyl (C=O) groups excluding carboxylic acids is 3. The molecule has 17 heavy (non-hydrogen) atoms. The van der Waals surface area contributed by atoms with Gasteiger partial charge in [0, 0.05) is 5.56 Å². The number of benzene rings is 1. The molecule has 0 bridgehead atoms. The minimum atomic E-state index is -0.740. The van der Waals surface area contributed by atoms with Crippen molar-refractivity contribution in [1.29, 1.82) is 0 Å². The second-order valence-electron chi connectivity index (χ2n) is 3.95. The van der Waals surface area contributed by atoms with Gasteiger partial charge in [-0.3, -0.25) is 14.4 Å². The van der Waals surface area contributed by atoms with Crippen LogP contribution in [0.4, 0.5) is 0 Å². The van der Waals surface area contributed by atoms with Gasteiger partial charge in [0.25, 0.3) is 0 Å². The van der Waals surface area contributed by atoms with E-state index in [2.05, 4.69) is 0 Å². The molecule has 1 rings (SSSR count). The SMILES string of the molecule is CC(=O)C(C)C(=O)CC(=O)c1ccc(O)cc1. The molecule has 90 valence electrons. The summed E-state index contributed by atoms with van der Waals surface area (Å²) in [5.74, 6) is -1.65. The highest BCUT2D eigenvalue weighted by atomic mass is 16.3. The van der Waals surface area contributed by atoms with Gasteiger partial charge in [0.1, 0.15) is 11.5 Å². The first-order valence-corrected chi connectivity index (χ1v) is 5.27. The summed E-state index contributed by atoms with van der Waals surface area (Å²) in [4.78, 5) is 34.2. The van der Waals surface area contributed by atoms with Crippen molar-refractivity contribution in [2.45, 2.75) is 20.3 Å². The largest absolute Gasteiger partial charge is 0.508 e. The van der Waals surface area contributed by atoms with E-state index in [1.165, 1.54) is 38.1 Å². The summed E-state index contributed by atoms with van der Waals surface area (Å²) in [6.07, 6.45) is -0.286. The molecule has 1 aromatic carbocycles. The molecule has 0 spiro atoms. The smallest absolute Gasteiger partial charge is 0.170 e. The van der Waals surface area contributed by atoms with Crippen LogP contribution >= 0.6 is 0 Å². The van der Waals surface area contributed by atoms with E-state index in [-0.39, 0.29) is 29.5 Å². The van der Waals surface area contributed by atoms with Crippen molar-refractivity contribution in [2.24, 2.45) is 5.92 Å². The van der Waals surface area contributed by atoms with Crippen molar-refractivity contribution in [1.82, 2.24) is 0 Å². The molecule has 0 amide bonds. The van der Waals surface area contributed by atoms with Crippen LogP contribution in [0.5, 0.6) is 5.75 Å². The minimum absolute atomic E-state index is 0.0602. The molecule has 0 saturated heterocycles. The summed E-state index contributed by atoms with van der Waals surface area (Å²) in [5.41, 5.74) is 0.354. The van der Waals surface area contributed by atoms with Gasteiger partial charge in [-0.1, -0.05) is 0 Å². The first-order chi connectivity index (χ1) is 7.91. The molecule has 1 aromatic rings. The van der Waals surface area contributed by atoms with Crippen LogP contribution in [0, 0.1) is 5.92 Å². The number of phenolic OH excluding ortho intramolecular Hbond substituents is 1. The van der Waals surface area contributed by atoms with Crippen molar-refractivity contribution in [3.05, 3.63) is 29.8 Å². The van der Waals surface area contributed by atoms with E-state index in [4.69, 9.17) is 5.11 Å². The summed E-state index contributed by atoms with van der Waals surface area (Å²) >= 11 is 0. The summed E-state index contributed by atoms with van der Waals surface area (Å²) in [6.45, 7) is 2.82. The highest BCUT2D eigenvalue weighted by molar-refractivity contribution is 6.13. The van der Waals surface area contributed by atoms with Crippen LogP contribution in [0.25, 0.3) is 0 Å². The summed E-state index contributed by atoms with van der Waals surface area (Å²) < 4.78 is 0. The Kier molecular flexibility index (Phi) is 4.15. The van der Waals surface area contributed by atoms with Gasteiger partial charge in [-0.05, 0) is 38.1 Å². The van der Waals surface area contributed by atoms with E-state index in [9.17, 15) is 14.4 Å². The van der Waals surface area contributed by atoms with Crippen LogP contribution in [-0.4, -0.2) is 22.5 Å². The van der Waals surface area contributed by atoms with Crippen LogP contribution in [0.1, 0.15) is 30.6 Å². The Morgan fingerprint density at radius 2 is 1.71 bits per heavy atom. The van der Waals surface area contributed by atoms with Crippen molar-refractivity contribution in [2.75, 3.05) is 0 Å². The Morgan fingerprint density at radius 1 is 1.18 bits per heavy atom. The monoisotopic (exact) mass is 234 g/mol. The second-order valence-corrected chi connectivity index (χ2v) is 3.95. The summed E-state index contributed by atoms with van der Waals surface area (Å²) in [7, 11) is 0. The lowest BCUT2D eigenvalue weighted by molar-refractivity contribution is -0.130. The molecule has 0 aromatic heterocycles. The molecule has 4 nitrogen and oxygen atoms in total. The average Bonchev–Trinajstić information content (AvgIpc) is 2.28. The zero-order chi connectivity index (χ0) is 13.0. The molecular formula is C13H14O4. The number of rotatable bonds is 5. The second kappa shape index (κ2) is 5.39. The zero-order valence-electron chi connectivity index (χ0n) is 9.77. The molecule has 0 saturated carbocycles. The average molecular weight is 234 g/mol. The Labute approximate surface area is 99.3 Å². The van der Waals surface area contributed by atoms with Crippen molar-refractivity contribution >= 4 is 17.3 Å². The van der Waals surface area contributed by atoms with Gasteiger partial charge in [-0.25, -0.2) is 0 Å². The predicted octanol–water partition coefficient (Wildman–Crippen LogP) is 1.76. The Hall–Kier alpha value is -1.97. The summed E-state index contributed by atoms with van der Waals surface area (Å²) in [5, 5.41) is 9.06. The molecule has 0 aliphatic carbocycles. The fourth-order valence-electron chi connectivity index (χ4n) is 1.29. The maximum atomic E-state index is 11.7. The maximum Gasteiger partial charge on any atom is 0.170 e. The molecule has 4 heteroatoms. The highest BCUT2D eigenvalue weighted by Crippen LogP contribution is 2.13. The van der Waals surface area contributed by atoms with Gasteiger partial charge in [-0.2, -0.15) is 0 Å². The van der Waals surface area contributed by atoms with E-state index in [1.54, 1.807) is 0 Å². The van der Waals surface area contributed by atoms with Crippen molar-refractivity contribution in [3.63, 3.8) is 0 Å². The predicted molar refractivity (Wildman–Crippen MR) is 61.9 cm³/mol. The van der Waals surface area contributed by atoms with E-state index in [0.717, 1.165) is 0 Å². The Bertz CT molecular complexity index is 445. The van der Waals surface area contributed by atoms with Crippen LogP contribution < -0.4 is 0 Å². The number of hydrogen-bond acceptors (Lipinski definition) is 4. The number of hydrogen-bond donors (Lipinski definition) is 1. The number of phenols is 1. The van der Waals surface area contributed by atoms with E-state index >= 15 is 0 Å². The van der Waals surface area contributed by atoms with Crippen LogP contribution in [0.15, 0.2) is 24.3 Å². The van der Waals surface area contributed by atoms with Crippen molar-refractivity contribution < 1.29 is 19.5 Å². The molecule has 0 aliphatic heterocycles. The lowest BCUT2D eigenvalue weighted by Crippen LogP contribution is -2.21. The van der Waals surface area contributed by atoms with Crippen LogP contribution in [-0.2, 0) is 9.59 Å². The third-order valence-electron chi connectivity index (χ3n) is 2.62. The van der Waals surface area contributed by atoms with Gasteiger partial charge in [-0.15, -0.1) is 0 Å². The highest BCUT2D eigenvalue weighted by Gasteiger charge is 2.20. The molecule has 0 fully saturated rings. The fourth-order valence-corrected chi connectivity index (χ4v) is 1.29. The lowest BCUT2D eigenvalue weighted by Gasteiger charge is -2.05. The molecule has 1 unspecified atom stereocenters. The first kappa shape index (κ1) is 13.1. The molecule has 1 N–H and O–H groups in total. The fraction of sp³-hybridized carbons (Fsp3) is 0.308. The number of ketones is 3. The zero-order valence-corrected chi connectivity index (χ0v) is 9.77. The van der Waals surface area contributed by atoms with Gasteiger partial charge in [0.2, 0.25) is 0 Å². The normalized spacial score (nSPS) is 11.9. The van der Waals surface area contributed by atoms with Crippen LogP contribution in [0.3, 0.4) is 0 Å². The van der Waals surface area contributed by atoms with Gasteiger partial charge in [0.05, 0.1) is 12.3 Å². The molecule has 0 radical (unpaired) electrons. The maximum absolute atomic E-state index is 11.7. The number of aromatic hydroxyl groups is 1. The summed E-state index contributed by atoms with van der Waals surface area (Å²) in [6, 6.07) is 5.66. The van der Waals surface area contributed by atoms with Gasteiger partial charge >= 0.3 is 0 Å². The first-order valence-electron chi connectivity index (χ1n) is 5.27. The minimum Gasteiger partial charge on any atom is -0.508 e. The molecule has 0 aliphatic rings. The van der Waals surface area contributed by atoms with E-state index in [0.29, 0.717) is 5.56 Å². The quantitative estimate of drug-likeness (QED) is 0.622. The van der Waals surface area contributed by atoms with Gasteiger partial charge in [0.15, 0.2) is 11.6 Å². The van der Waals surface area contributed by atoms with E-state index in [1.807, 2.05) is 0 Å². The topological polar surface area (TPSA) is 71.4 Å². The standard InChI is InChI=1S/C13H14O4/c1-8(9(2)14)12(16)7-13(17)10-3-5-11(15)6-4-10/h3-6,8,15H,7H2,1-2H3. The number of Topliss-reactive ketones (excluding diaryl/α,β-unsaturated/α-hetero) is 3. The van der Waals surface area contributed by atoms with Crippen LogP contribution in [0.2, 0.25) is 0 Å². The van der Waals surface area contributed by atoms with Gasteiger partial charge < -0.3 is 5.11 Å². The third-order valence-corrected chi connectivity index (χ3v) is 2.62. The molecule has 1 atom stereocenters. The van der Waals surface area contributed by atoms with E-state index < -0.39 is 5.92 Å². The van der Waals surface area contributed by atoms with Crippen molar-refractivity contribution in [3.8, 4) is 5.75 Å². The number of carbonyl (C=O) groups is 3. The lowest BCUT2D eigenvalue weighted by atomic mass is 9.96. The molecule has 0 heterocycles. The molecular weight excluding hydrogens is 220 g/mol.